The van der Waals surface area contributed by atoms with Crippen LogP contribution in [0.4, 0.5) is 18.9 Å². The summed E-state index contributed by atoms with van der Waals surface area (Å²) in [5.74, 6) is 1.46. The molecule has 1 aromatic heterocycles. The number of likely N-dealkylation sites (tertiary alicyclic amines) is 1. The summed E-state index contributed by atoms with van der Waals surface area (Å²) >= 11 is 0. The van der Waals surface area contributed by atoms with Crippen molar-refractivity contribution in [2.24, 2.45) is 5.92 Å². The van der Waals surface area contributed by atoms with Crippen molar-refractivity contribution in [1.82, 2.24) is 9.88 Å². The Hall–Kier alpha value is -2.67. The highest BCUT2D eigenvalue weighted by atomic mass is 19.4. The monoisotopic (exact) mass is 415 g/mol. The predicted octanol–water partition coefficient (Wildman–Crippen LogP) is 5.44. The Morgan fingerprint density at radius 2 is 1.97 bits per heavy atom. The number of alkyl halides is 3. The molecular formula is C23H24F3N3O. The summed E-state index contributed by atoms with van der Waals surface area (Å²) in [5, 5.41) is 4.12. The van der Waals surface area contributed by atoms with Crippen molar-refractivity contribution in [2.45, 2.75) is 31.6 Å². The van der Waals surface area contributed by atoms with E-state index in [9.17, 15) is 13.2 Å². The molecule has 158 valence electrons. The SMILES string of the molecule is C[C@H]1CCN([C@H]2COc3ccccc3[C@@H]2Nc2cccc3[nH]c(C(F)(F)F)cc23)C1. The standard InChI is InChI=1S/C23H24F3N3O/c1-14-9-10-29(12-14)19-13-30-20-8-3-2-5-15(20)22(19)28-18-7-4-6-17-16(18)11-21(27-17)23(24,25)26/h2-8,11,14,19,22,27-28H,9-10,12-13H2,1H3/t14-,19-,22-/m0/s1. The van der Waals surface area contributed by atoms with Crippen molar-refractivity contribution in [2.75, 3.05) is 25.0 Å². The number of hydrogen-bond acceptors (Lipinski definition) is 3. The van der Waals surface area contributed by atoms with Crippen molar-refractivity contribution in [1.29, 1.82) is 0 Å². The quantitative estimate of drug-likeness (QED) is 0.598. The Balaban J connectivity index is 1.54. The summed E-state index contributed by atoms with van der Waals surface area (Å²) in [6.07, 6.45) is -3.26. The van der Waals surface area contributed by atoms with E-state index in [1.165, 1.54) is 6.07 Å². The molecule has 1 saturated heterocycles. The number of fused-ring (bicyclic) bond motifs is 2. The lowest BCUT2D eigenvalue weighted by Gasteiger charge is -2.40. The Morgan fingerprint density at radius 3 is 2.73 bits per heavy atom. The first kappa shape index (κ1) is 19.3. The number of halogens is 3. The highest BCUT2D eigenvalue weighted by Crippen LogP contribution is 2.40. The number of para-hydroxylation sites is 1. The third-order valence-corrected chi connectivity index (χ3v) is 6.25. The number of aromatic amines is 1. The fourth-order valence-electron chi connectivity index (χ4n) is 4.71. The normalized spacial score (nSPS) is 24.6. The Kier molecular flexibility index (Phi) is 4.65. The highest BCUT2D eigenvalue weighted by Gasteiger charge is 2.38. The van der Waals surface area contributed by atoms with Crippen molar-refractivity contribution in [3.05, 3.63) is 59.8 Å². The van der Waals surface area contributed by atoms with Gasteiger partial charge in [0.15, 0.2) is 0 Å². The summed E-state index contributed by atoms with van der Waals surface area (Å²) in [4.78, 5) is 4.95. The molecule has 3 aromatic rings. The van der Waals surface area contributed by atoms with E-state index < -0.39 is 11.9 Å². The van der Waals surface area contributed by atoms with Gasteiger partial charge in [0, 0.05) is 28.7 Å². The maximum atomic E-state index is 13.2. The molecule has 3 atom stereocenters. The van der Waals surface area contributed by atoms with Crippen molar-refractivity contribution < 1.29 is 17.9 Å². The molecule has 0 radical (unpaired) electrons. The van der Waals surface area contributed by atoms with E-state index in [4.69, 9.17) is 4.74 Å². The number of anilines is 1. The van der Waals surface area contributed by atoms with Gasteiger partial charge in [-0.3, -0.25) is 4.90 Å². The van der Waals surface area contributed by atoms with Gasteiger partial charge in [0.1, 0.15) is 18.1 Å². The molecule has 2 aliphatic rings. The molecular weight excluding hydrogens is 391 g/mol. The Morgan fingerprint density at radius 1 is 1.13 bits per heavy atom. The zero-order chi connectivity index (χ0) is 20.9. The number of benzene rings is 2. The molecule has 2 aliphatic heterocycles. The third kappa shape index (κ3) is 3.41. The molecule has 0 bridgehead atoms. The Labute approximate surface area is 173 Å². The molecule has 0 saturated carbocycles. The minimum atomic E-state index is -4.41. The average Bonchev–Trinajstić information content (AvgIpc) is 3.35. The molecule has 1 fully saturated rings. The molecule has 30 heavy (non-hydrogen) atoms. The smallest absolute Gasteiger partial charge is 0.431 e. The van der Waals surface area contributed by atoms with Gasteiger partial charge in [-0.15, -0.1) is 0 Å². The summed E-state index contributed by atoms with van der Waals surface area (Å²) in [6.45, 7) is 4.81. The second-order valence-corrected chi connectivity index (χ2v) is 8.37. The number of nitrogens with zero attached hydrogens (tertiary/aromatic N) is 1. The van der Waals surface area contributed by atoms with Crippen LogP contribution in [0.25, 0.3) is 10.9 Å². The van der Waals surface area contributed by atoms with E-state index in [0.717, 1.165) is 30.8 Å². The fraction of sp³-hybridized carbons (Fsp3) is 0.391. The van der Waals surface area contributed by atoms with E-state index in [0.29, 0.717) is 29.1 Å². The summed E-state index contributed by atoms with van der Waals surface area (Å²) < 4.78 is 45.8. The zero-order valence-corrected chi connectivity index (χ0v) is 16.7. The van der Waals surface area contributed by atoms with Gasteiger partial charge in [-0.1, -0.05) is 31.2 Å². The lowest BCUT2D eigenvalue weighted by Crippen LogP contribution is -2.47. The fourth-order valence-corrected chi connectivity index (χ4v) is 4.71. The van der Waals surface area contributed by atoms with Crippen molar-refractivity contribution >= 4 is 16.6 Å². The van der Waals surface area contributed by atoms with Crippen molar-refractivity contribution in [3.8, 4) is 5.75 Å². The van der Waals surface area contributed by atoms with Gasteiger partial charge in [-0.25, -0.2) is 0 Å². The first-order chi connectivity index (χ1) is 14.4. The number of hydrogen-bond donors (Lipinski definition) is 2. The highest BCUT2D eigenvalue weighted by molar-refractivity contribution is 5.93. The maximum absolute atomic E-state index is 13.2. The van der Waals surface area contributed by atoms with Gasteiger partial charge in [-0.2, -0.15) is 13.2 Å². The molecule has 2 aromatic carbocycles. The van der Waals surface area contributed by atoms with E-state index in [2.05, 4.69) is 22.1 Å². The lowest BCUT2D eigenvalue weighted by atomic mass is 9.94. The molecule has 5 rings (SSSR count). The van der Waals surface area contributed by atoms with Crippen LogP contribution in [0.15, 0.2) is 48.5 Å². The van der Waals surface area contributed by atoms with Crippen LogP contribution in [0.5, 0.6) is 5.75 Å². The van der Waals surface area contributed by atoms with Crippen LogP contribution < -0.4 is 10.1 Å². The van der Waals surface area contributed by atoms with E-state index in [1.54, 1.807) is 12.1 Å². The second-order valence-electron chi connectivity index (χ2n) is 8.37. The largest absolute Gasteiger partial charge is 0.491 e. The first-order valence-electron chi connectivity index (χ1n) is 10.3. The molecule has 3 heterocycles. The maximum Gasteiger partial charge on any atom is 0.431 e. The van der Waals surface area contributed by atoms with Gasteiger partial charge < -0.3 is 15.0 Å². The molecule has 0 spiro atoms. The molecule has 4 nitrogen and oxygen atoms in total. The van der Waals surface area contributed by atoms with Crippen LogP contribution in [-0.2, 0) is 6.18 Å². The van der Waals surface area contributed by atoms with Crippen LogP contribution in [0.1, 0.15) is 30.6 Å². The lowest BCUT2D eigenvalue weighted by molar-refractivity contribution is -0.140. The number of ether oxygens (including phenoxy) is 1. The topological polar surface area (TPSA) is 40.3 Å². The predicted molar refractivity (Wildman–Crippen MR) is 111 cm³/mol. The molecule has 2 N–H and O–H groups in total. The Bertz CT molecular complexity index is 1060. The molecule has 0 amide bonds. The van der Waals surface area contributed by atoms with Crippen LogP contribution >= 0.6 is 0 Å². The van der Waals surface area contributed by atoms with Gasteiger partial charge in [0.05, 0.1) is 12.1 Å². The van der Waals surface area contributed by atoms with E-state index in [-0.39, 0.29) is 12.1 Å². The van der Waals surface area contributed by atoms with Crippen LogP contribution in [0.2, 0.25) is 0 Å². The number of H-pyrrole nitrogens is 1. The average molecular weight is 415 g/mol. The van der Waals surface area contributed by atoms with Crippen molar-refractivity contribution in [3.63, 3.8) is 0 Å². The van der Waals surface area contributed by atoms with Crippen LogP contribution in [0, 0.1) is 5.92 Å². The van der Waals surface area contributed by atoms with Gasteiger partial charge in [0.25, 0.3) is 0 Å². The molecule has 7 heteroatoms. The summed E-state index contributed by atoms with van der Waals surface area (Å²) in [5.41, 5.74) is 1.47. The summed E-state index contributed by atoms with van der Waals surface area (Å²) in [6, 6.07) is 14.4. The van der Waals surface area contributed by atoms with Crippen LogP contribution in [0.3, 0.4) is 0 Å². The minimum absolute atomic E-state index is 0.0740. The number of aromatic nitrogens is 1. The van der Waals surface area contributed by atoms with Gasteiger partial charge in [-0.05, 0) is 43.1 Å². The minimum Gasteiger partial charge on any atom is -0.491 e. The summed E-state index contributed by atoms with van der Waals surface area (Å²) in [7, 11) is 0. The molecule has 0 unspecified atom stereocenters. The second kappa shape index (κ2) is 7.23. The van der Waals surface area contributed by atoms with Crippen LogP contribution in [-0.4, -0.2) is 35.6 Å². The van der Waals surface area contributed by atoms with E-state index >= 15 is 0 Å². The van der Waals surface area contributed by atoms with E-state index in [1.807, 2.05) is 30.3 Å². The van der Waals surface area contributed by atoms with Gasteiger partial charge >= 0.3 is 6.18 Å². The number of rotatable bonds is 3. The molecule has 0 aliphatic carbocycles. The first-order valence-corrected chi connectivity index (χ1v) is 10.3. The number of nitrogens with one attached hydrogen (secondary N) is 2. The third-order valence-electron chi connectivity index (χ3n) is 6.25. The zero-order valence-electron chi connectivity index (χ0n) is 16.7. The van der Waals surface area contributed by atoms with Gasteiger partial charge in [0.2, 0.25) is 0 Å².